The Kier molecular flexibility index (Phi) is 13.0. The molecule has 1 aliphatic carbocycles. The fourth-order valence-electron chi connectivity index (χ4n) is 6.78. The maximum atomic E-state index is 12.6. The molecule has 6 rings (SSSR count). The molecule has 19 nitrogen and oxygen atoms in total. The zero-order valence-electron chi connectivity index (χ0n) is 30.1. The molecule has 2 saturated heterocycles. The summed E-state index contributed by atoms with van der Waals surface area (Å²) in [6.07, 6.45) is -14.1. The van der Waals surface area contributed by atoms with Crippen molar-refractivity contribution in [1.29, 1.82) is 0 Å². The van der Waals surface area contributed by atoms with Crippen LogP contribution in [0.5, 0.6) is 5.75 Å². The highest BCUT2D eigenvalue weighted by Crippen LogP contribution is 2.42. The van der Waals surface area contributed by atoms with Crippen molar-refractivity contribution in [2.24, 2.45) is 0 Å². The number of carbonyl (C=O) groups is 2. The van der Waals surface area contributed by atoms with Gasteiger partial charge in [0.05, 0.1) is 25.4 Å². The normalized spacial score (nSPS) is 27.6. The lowest BCUT2D eigenvalue weighted by Crippen LogP contribution is -2.68. The van der Waals surface area contributed by atoms with Crippen molar-refractivity contribution in [3.63, 3.8) is 0 Å². The van der Waals surface area contributed by atoms with Crippen LogP contribution < -0.4 is 21.4 Å². The molecule has 306 valence electrons. The number of aliphatic hydroxyl groups excluding tert-OH is 6. The van der Waals surface area contributed by atoms with Crippen LogP contribution in [0, 0.1) is 0 Å². The molecule has 2 aromatic carbocycles. The van der Waals surface area contributed by atoms with E-state index in [1.54, 1.807) is 18.2 Å². The fraction of sp³-hybridized carbons (Fsp3) is 0.405. The van der Waals surface area contributed by atoms with Gasteiger partial charge < -0.3 is 80.2 Å². The summed E-state index contributed by atoms with van der Waals surface area (Å²) < 4.78 is 28.7. The number of hydrogen-bond acceptors (Lipinski definition) is 16. The maximum absolute atomic E-state index is 12.6. The molecule has 10 atom stereocenters. The molecule has 4 aliphatic rings. The van der Waals surface area contributed by atoms with E-state index in [1.165, 1.54) is 43.3 Å². The second kappa shape index (κ2) is 17.7. The van der Waals surface area contributed by atoms with E-state index in [4.69, 9.17) is 35.6 Å². The van der Waals surface area contributed by atoms with Crippen molar-refractivity contribution >= 4 is 45.9 Å². The third-order valence-corrected chi connectivity index (χ3v) is 9.73. The van der Waals surface area contributed by atoms with Gasteiger partial charge in [-0.3, -0.25) is 9.59 Å². The molecule has 2 aromatic rings. The molecule has 11 N–H and O–H groups in total. The summed E-state index contributed by atoms with van der Waals surface area (Å²) in [7, 11) is 0. The standard InChI is InChI=1S/C37H41N3O16S/c1-15(43)39-28-33(56-36-32(49)31(48)29(46)25(13-41)55-36)30(47)26(14-42)54-35(28)52-9-8-38-37(57)40-16-2-5-19(22(10-16)34(50)51)27-20-6-3-17(44)11-23(20)53-24-12-18(45)4-7-21(24)27/h2-7,10-12,25-26,28-33,35-36,41-42,44,46-49H,8-9,13-14H2,1H3,(H,39,43)(H,50,51)(H2,38,40,57)/t25-,26-,28-,29+,30+,31+,32-,33-,35+,36+/m1/s1. The highest BCUT2D eigenvalue weighted by molar-refractivity contribution is 7.80. The van der Waals surface area contributed by atoms with Crippen LogP contribution in [0.3, 0.4) is 0 Å². The number of phenolic OH excluding ortho intramolecular Hbond substituents is 1. The minimum atomic E-state index is -1.83. The van der Waals surface area contributed by atoms with E-state index >= 15 is 0 Å². The molecular weight excluding hydrogens is 774 g/mol. The number of hydrogen-bond donors (Lipinski definition) is 11. The Morgan fingerprint density at radius 2 is 1.56 bits per heavy atom. The van der Waals surface area contributed by atoms with E-state index in [0.717, 1.165) is 0 Å². The zero-order valence-corrected chi connectivity index (χ0v) is 30.9. The van der Waals surface area contributed by atoms with Gasteiger partial charge in [0, 0.05) is 47.8 Å². The van der Waals surface area contributed by atoms with Gasteiger partial charge in [-0.05, 0) is 54.2 Å². The average molecular weight is 816 g/mol. The number of nitrogens with one attached hydrogen (secondary N) is 3. The Labute approximate surface area is 328 Å². The smallest absolute Gasteiger partial charge is 0.336 e. The number of aliphatic hydroxyl groups is 6. The molecule has 2 fully saturated rings. The number of rotatable bonds is 12. The van der Waals surface area contributed by atoms with Gasteiger partial charge in [0.2, 0.25) is 5.91 Å². The number of ether oxygens (including phenoxy) is 4. The summed E-state index contributed by atoms with van der Waals surface area (Å²) in [6, 6.07) is 11.8. The van der Waals surface area contributed by atoms with Crippen LogP contribution in [0.2, 0.25) is 0 Å². The van der Waals surface area contributed by atoms with Gasteiger partial charge in [0.25, 0.3) is 0 Å². The third kappa shape index (κ3) is 9.01. The van der Waals surface area contributed by atoms with E-state index in [9.17, 15) is 55.2 Å². The highest BCUT2D eigenvalue weighted by atomic mass is 32.1. The SMILES string of the molecule is CC(=O)N[C@H]1[C@@H](OCCNC(=S)Nc2ccc(-c3c4ccc(=O)cc-4oc4cc(O)ccc34)c(C(=O)O)c2)O[C@H](CO)[C@H](O)[C@@H]1O[C@@H]1O[C@H](CO)[C@H](O)[C@H](O)[C@H]1O. The lowest BCUT2D eigenvalue weighted by molar-refractivity contribution is -0.344. The number of amides is 1. The first-order chi connectivity index (χ1) is 27.2. The molecule has 1 amide bonds. The predicted molar refractivity (Wildman–Crippen MR) is 201 cm³/mol. The zero-order chi connectivity index (χ0) is 41.1. The molecule has 3 heterocycles. The predicted octanol–water partition coefficient (Wildman–Crippen LogP) is -0.960. The summed E-state index contributed by atoms with van der Waals surface area (Å²) in [4.78, 5) is 37.0. The molecular formula is C37H41N3O16S. The number of thiocarbonyl (C=S) groups is 1. The number of carbonyl (C=O) groups excluding carboxylic acids is 1. The van der Waals surface area contributed by atoms with Crippen LogP contribution in [0.15, 0.2) is 63.8 Å². The Hall–Kier alpha value is -4.84. The number of aromatic hydroxyl groups is 1. The van der Waals surface area contributed by atoms with Crippen LogP contribution >= 0.6 is 12.2 Å². The van der Waals surface area contributed by atoms with Gasteiger partial charge in [-0.1, -0.05) is 6.07 Å². The van der Waals surface area contributed by atoms with Gasteiger partial charge in [0.15, 0.2) is 23.1 Å². The number of carboxylic acid groups (broad SMARTS) is 1. The first kappa shape index (κ1) is 41.8. The lowest BCUT2D eigenvalue weighted by atomic mass is 9.90. The minimum Gasteiger partial charge on any atom is -0.508 e. The summed E-state index contributed by atoms with van der Waals surface area (Å²) >= 11 is 5.42. The van der Waals surface area contributed by atoms with Crippen LogP contribution in [0.25, 0.3) is 33.4 Å². The molecule has 0 aromatic heterocycles. The van der Waals surface area contributed by atoms with Crippen LogP contribution in [-0.4, -0.2) is 146 Å². The minimum absolute atomic E-state index is 0.0208. The second-order valence-electron chi connectivity index (χ2n) is 13.4. The maximum Gasteiger partial charge on any atom is 0.336 e. The number of anilines is 1. The van der Waals surface area contributed by atoms with Crippen molar-refractivity contribution in [2.45, 2.75) is 68.3 Å². The van der Waals surface area contributed by atoms with Crippen LogP contribution in [-0.2, 0) is 23.7 Å². The fourth-order valence-corrected chi connectivity index (χ4v) is 7.00. The molecule has 20 heteroatoms. The molecule has 0 bridgehead atoms. The number of fused-ring (bicyclic) bond motifs is 2. The van der Waals surface area contributed by atoms with Gasteiger partial charge in [0.1, 0.15) is 65.9 Å². The second-order valence-corrected chi connectivity index (χ2v) is 13.8. The van der Waals surface area contributed by atoms with Crippen LogP contribution in [0.4, 0.5) is 5.69 Å². The Balaban J connectivity index is 1.14. The summed E-state index contributed by atoms with van der Waals surface area (Å²) in [5.41, 5.74) is 1.34. The van der Waals surface area contributed by atoms with Crippen LogP contribution in [0.1, 0.15) is 17.3 Å². The first-order valence-electron chi connectivity index (χ1n) is 17.6. The van der Waals surface area contributed by atoms with Gasteiger partial charge >= 0.3 is 5.97 Å². The number of aromatic carboxylic acids is 1. The van der Waals surface area contributed by atoms with Gasteiger partial charge in [-0.2, -0.15) is 0 Å². The first-order valence-corrected chi connectivity index (χ1v) is 18.0. The van der Waals surface area contributed by atoms with Crippen molar-refractivity contribution in [1.82, 2.24) is 10.6 Å². The number of carboxylic acids is 1. The molecule has 0 unspecified atom stereocenters. The van der Waals surface area contributed by atoms with Crippen molar-refractivity contribution in [2.75, 3.05) is 31.7 Å². The molecule has 0 radical (unpaired) electrons. The molecule has 0 saturated carbocycles. The monoisotopic (exact) mass is 815 g/mol. The quantitative estimate of drug-likeness (QED) is 0.0466. The topological polar surface area (TPSA) is 299 Å². The summed E-state index contributed by atoms with van der Waals surface area (Å²) in [5, 5.41) is 90.7. The van der Waals surface area contributed by atoms with E-state index in [-0.39, 0.29) is 46.3 Å². The Morgan fingerprint density at radius 3 is 2.26 bits per heavy atom. The van der Waals surface area contributed by atoms with E-state index in [0.29, 0.717) is 27.8 Å². The molecule has 0 spiro atoms. The van der Waals surface area contributed by atoms with E-state index in [2.05, 4.69) is 16.0 Å². The number of benzene rings is 3. The van der Waals surface area contributed by atoms with E-state index in [1.807, 2.05) is 0 Å². The van der Waals surface area contributed by atoms with Gasteiger partial charge in [-0.15, -0.1) is 0 Å². The Bertz CT molecular complexity index is 2130. The van der Waals surface area contributed by atoms with Crippen molar-refractivity contribution < 1.29 is 73.8 Å². The molecule has 3 aliphatic heterocycles. The highest BCUT2D eigenvalue weighted by Gasteiger charge is 2.51. The van der Waals surface area contributed by atoms with Crippen molar-refractivity contribution in [3.8, 4) is 28.2 Å². The van der Waals surface area contributed by atoms with Gasteiger partial charge in [-0.25, -0.2) is 4.79 Å². The Morgan fingerprint density at radius 1 is 0.860 bits per heavy atom. The summed E-state index contributed by atoms with van der Waals surface area (Å²) in [5.74, 6) is -1.74. The lowest BCUT2D eigenvalue weighted by Gasteiger charge is -2.47. The van der Waals surface area contributed by atoms with Crippen molar-refractivity contribution in [3.05, 3.63) is 70.4 Å². The third-order valence-electron chi connectivity index (χ3n) is 9.49. The molecule has 57 heavy (non-hydrogen) atoms. The summed E-state index contributed by atoms with van der Waals surface area (Å²) in [6.45, 7) is -0.415. The largest absolute Gasteiger partial charge is 0.508 e. The van der Waals surface area contributed by atoms with E-state index < -0.39 is 86.4 Å². The number of phenols is 1. The average Bonchev–Trinajstić information content (AvgIpc) is 3.17.